The molecule has 4 aliphatic rings. The normalized spacial score (nSPS) is 27.6. The lowest BCUT2D eigenvalue weighted by Gasteiger charge is -2.43. The summed E-state index contributed by atoms with van der Waals surface area (Å²) in [7, 11) is 0. The summed E-state index contributed by atoms with van der Waals surface area (Å²) in [4.78, 5) is 30.9. The van der Waals surface area contributed by atoms with Crippen LogP contribution in [0.25, 0.3) is 11.1 Å². The third-order valence-corrected chi connectivity index (χ3v) is 9.64. The van der Waals surface area contributed by atoms with Crippen molar-refractivity contribution in [3.63, 3.8) is 0 Å². The Morgan fingerprint density at radius 2 is 2.11 bits per heavy atom. The Kier molecular flexibility index (Phi) is 7.32. The molecule has 2 bridgehead atoms. The van der Waals surface area contributed by atoms with Crippen molar-refractivity contribution in [3.8, 4) is 17.2 Å². The summed E-state index contributed by atoms with van der Waals surface area (Å²) in [5.74, 6) is -0.468. The van der Waals surface area contributed by atoms with Crippen LogP contribution in [0.5, 0.6) is 0 Å². The SMILES string of the molecule is N#C[C@@H](CC(=O)[C@H]1N[C@@H]2CC[C@H]1C2)Cc1ccc(-c2csc(C(=O)N3CCN4CCOCC4C3)c2)cc1F. The van der Waals surface area contributed by atoms with Crippen LogP contribution in [0.3, 0.4) is 0 Å². The Labute approximate surface area is 226 Å². The predicted octanol–water partition coefficient (Wildman–Crippen LogP) is 3.49. The molecule has 3 aliphatic heterocycles. The van der Waals surface area contributed by atoms with Crippen LogP contribution in [0.4, 0.5) is 4.39 Å². The van der Waals surface area contributed by atoms with E-state index < -0.39 is 5.92 Å². The van der Waals surface area contributed by atoms with E-state index >= 15 is 4.39 Å². The van der Waals surface area contributed by atoms with Gasteiger partial charge in [-0.1, -0.05) is 12.1 Å². The van der Waals surface area contributed by atoms with Crippen molar-refractivity contribution in [1.82, 2.24) is 15.1 Å². The number of fused-ring (bicyclic) bond motifs is 3. The summed E-state index contributed by atoms with van der Waals surface area (Å²) in [5.41, 5.74) is 1.94. The van der Waals surface area contributed by atoms with Crippen molar-refractivity contribution >= 4 is 23.0 Å². The molecule has 38 heavy (non-hydrogen) atoms. The number of carbonyl (C=O) groups is 2. The van der Waals surface area contributed by atoms with Crippen LogP contribution in [0.1, 0.15) is 40.9 Å². The largest absolute Gasteiger partial charge is 0.378 e. The molecule has 1 saturated carbocycles. The van der Waals surface area contributed by atoms with Crippen LogP contribution in [0.15, 0.2) is 29.6 Å². The summed E-state index contributed by atoms with van der Waals surface area (Å²) in [6.45, 7) is 4.55. The maximum absolute atomic E-state index is 15.1. The lowest BCUT2D eigenvalue weighted by Crippen LogP contribution is -2.59. The van der Waals surface area contributed by atoms with Crippen molar-refractivity contribution in [3.05, 3.63) is 45.9 Å². The number of nitriles is 1. The van der Waals surface area contributed by atoms with E-state index in [1.165, 1.54) is 17.4 Å². The Balaban J connectivity index is 1.08. The number of Topliss-reactive ketones (excluding diaryl/α,β-unsaturated/α-hetero) is 1. The van der Waals surface area contributed by atoms with Gasteiger partial charge in [-0.05, 0) is 65.8 Å². The molecule has 1 amide bonds. The molecule has 7 nitrogen and oxygen atoms in total. The van der Waals surface area contributed by atoms with E-state index in [2.05, 4.69) is 16.3 Å². The number of halogens is 1. The number of piperidine rings is 1. The molecule has 200 valence electrons. The number of morpholine rings is 1. The van der Waals surface area contributed by atoms with Crippen molar-refractivity contribution in [2.24, 2.45) is 11.8 Å². The van der Waals surface area contributed by atoms with Crippen molar-refractivity contribution in [2.75, 3.05) is 39.4 Å². The molecule has 9 heteroatoms. The number of rotatable bonds is 7. The highest BCUT2D eigenvalue weighted by Gasteiger charge is 2.42. The van der Waals surface area contributed by atoms with Crippen LogP contribution in [0.2, 0.25) is 0 Å². The lowest BCUT2D eigenvalue weighted by molar-refractivity contribution is -0.122. The molecule has 0 spiro atoms. The van der Waals surface area contributed by atoms with Crippen LogP contribution in [-0.4, -0.2) is 79.0 Å². The molecular formula is C29H33FN4O3S. The van der Waals surface area contributed by atoms with Gasteiger partial charge in [0.2, 0.25) is 0 Å². The summed E-state index contributed by atoms with van der Waals surface area (Å²) in [5, 5.41) is 15.0. The summed E-state index contributed by atoms with van der Waals surface area (Å²) in [6.07, 6.45) is 3.60. The van der Waals surface area contributed by atoms with Crippen LogP contribution >= 0.6 is 11.3 Å². The molecule has 1 unspecified atom stereocenters. The molecule has 0 radical (unpaired) electrons. The fourth-order valence-electron chi connectivity index (χ4n) is 6.59. The lowest BCUT2D eigenvalue weighted by atomic mass is 9.88. The minimum atomic E-state index is -0.552. The maximum atomic E-state index is 15.1. The average Bonchev–Trinajstić information content (AvgIpc) is 3.71. The first-order valence-corrected chi connectivity index (χ1v) is 14.5. The number of nitrogens with one attached hydrogen (secondary N) is 1. The molecule has 4 heterocycles. The second kappa shape index (κ2) is 10.9. The minimum absolute atomic E-state index is 0.00932. The minimum Gasteiger partial charge on any atom is -0.378 e. The van der Waals surface area contributed by atoms with Crippen molar-refractivity contribution < 1.29 is 18.7 Å². The zero-order valence-corrected chi connectivity index (χ0v) is 22.2. The zero-order chi connectivity index (χ0) is 26.2. The second-order valence-electron chi connectivity index (χ2n) is 11.1. The highest BCUT2D eigenvalue weighted by Crippen LogP contribution is 2.36. The van der Waals surface area contributed by atoms with Gasteiger partial charge in [-0.25, -0.2) is 4.39 Å². The monoisotopic (exact) mass is 536 g/mol. The van der Waals surface area contributed by atoms with Gasteiger partial charge in [0.25, 0.3) is 5.91 Å². The van der Waals surface area contributed by atoms with Gasteiger partial charge < -0.3 is 15.0 Å². The quantitative estimate of drug-likeness (QED) is 0.583. The highest BCUT2D eigenvalue weighted by molar-refractivity contribution is 7.12. The number of ketones is 1. The van der Waals surface area contributed by atoms with Gasteiger partial charge in [-0.3, -0.25) is 14.5 Å². The maximum Gasteiger partial charge on any atom is 0.264 e. The molecule has 6 rings (SSSR count). The van der Waals surface area contributed by atoms with Gasteiger partial charge in [0, 0.05) is 38.6 Å². The summed E-state index contributed by atoms with van der Waals surface area (Å²) in [6, 6.07) is 9.60. The second-order valence-corrected chi connectivity index (χ2v) is 12.0. The number of benzene rings is 1. The van der Waals surface area contributed by atoms with Crippen LogP contribution in [0, 0.1) is 29.0 Å². The van der Waals surface area contributed by atoms with Gasteiger partial charge in [0.05, 0.1) is 42.2 Å². The first-order chi connectivity index (χ1) is 18.5. The van der Waals surface area contributed by atoms with Gasteiger partial charge in [0.1, 0.15) is 5.82 Å². The fourth-order valence-corrected chi connectivity index (χ4v) is 7.48. The van der Waals surface area contributed by atoms with E-state index in [0.29, 0.717) is 47.7 Å². The molecule has 1 aliphatic carbocycles. The number of ether oxygens (including phenoxy) is 1. The number of hydrogen-bond donors (Lipinski definition) is 1. The fraction of sp³-hybridized carbons (Fsp3) is 0.552. The number of carbonyl (C=O) groups excluding carboxylic acids is 2. The molecule has 1 aromatic heterocycles. The van der Waals surface area contributed by atoms with Crippen LogP contribution < -0.4 is 5.32 Å². The van der Waals surface area contributed by atoms with Gasteiger partial charge in [-0.15, -0.1) is 11.3 Å². The van der Waals surface area contributed by atoms with Crippen molar-refractivity contribution in [1.29, 1.82) is 5.26 Å². The molecule has 5 atom stereocenters. The number of nitrogens with zero attached hydrogens (tertiary/aromatic N) is 3. The Morgan fingerprint density at radius 3 is 2.87 bits per heavy atom. The van der Waals surface area contributed by atoms with E-state index in [1.807, 2.05) is 22.4 Å². The summed E-state index contributed by atoms with van der Waals surface area (Å²) < 4.78 is 20.7. The molecule has 1 aromatic carbocycles. The smallest absolute Gasteiger partial charge is 0.264 e. The van der Waals surface area contributed by atoms with E-state index in [4.69, 9.17) is 4.74 Å². The Bertz CT molecular complexity index is 1260. The standard InChI is InChI=1S/C29H33FN4O3S/c30-25-12-19(1-2-20(25)9-18(14-31)10-26(35)28-21-3-4-23(11-21)32-28)22-13-27(38-17-22)29(36)34-6-5-33-7-8-37-16-24(33)15-34/h1-2,12-13,17-18,21,23-24,28,32H,3-11,15-16H2/t18-,21+,23-,24?,28+/m1/s1. The molecule has 1 N–H and O–H groups in total. The van der Waals surface area contributed by atoms with Gasteiger partial charge in [0.15, 0.2) is 5.78 Å². The topological polar surface area (TPSA) is 85.7 Å². The number of thiophene rings is 1. The van der Waals surface area contributed by atoms with Gasteiger partial charge in [-0.2, -0.15) is 5.26 Å². The third kappa shape index (κ3) is 5.15. The zero-order valence-electron chi connectivity index (χ0n) is 21.4. The van der Waals surface area contributed by atoms with Crippen LogP contribution in [-0.2, 0) is 16.0 Å². The van der Waals surface area contributed by atoms with E-state index in [-0.39, 0.29) is 42.4 Å². The van der Waals surface area contributed by atoms with E-state index in [0.717, 1.165) is 44.5 Å². The average molecular weight is 537 g/mol. The third-order valence-electron chi connectivity index (χ3n) is 8.72. The predicted molar refractivity (Wildman–Crippen MR) is 142 cm³/mol. The molecule has 2 aromatic rings. The van der Waals surface area contributed by atoms with Crippen molar-refractivity contribution in [2.45, 2.75) is 50.2 Å². The Hall–Kier alpha value is -2.64. The molecule has 4 fully saturated rings. The van der Waals surface area contributed by atoms with E-state index in [1.54, 1.807) is 6.07 Å². The Morgan fingerprint density at radius 1 is 1.21 bits per heavy atom. The highest BCUT2D eigenvalue weighted by atomic mass is 32.1. The number of amides is 1. The van der Waals surface area contributed by atoms with Gasteiger partial charge >= 0.3 is 0 Å². The number of piperazine rings is 1. The number of hydrogen-bond acceptors (Lipinski definition) is 7. The summed E-state index contributed by atoms with van der Waals surface area (Å²) >= 11 is 1.38. The first kappa shape index (κ1) is 25.6. The molecular weight excluding hydrogens is 503 g/mol. The van der Waals surface area contributed by atoms with E-state index in [9.17, 15) is 14.9 Å². The first-order valence-electron chi connectivity index (χ1n) is 13.6. The molecule has 3 saturated heterocycles.